The quantitative estimate of drug-likeness (QED) is 0.423. The van der Waals surface area contributed by atoms with Crippen LogP contribution in [0.2, 0.25) is 0 Å². The Bertz CT molecular complexity index is 947. The third kappa shape index (κ3) is 2.70. The van der Waals surface area contributed by atoms with Crippen molar-refractivity contribution in [3.8, 4) is 5.69 Å². The molecule has 3 heterocycles. The summed E-state index contributed by atoms with van der Waals surface area (Å²) in [6, 6.07) is 11.9. The van der Waals surface area contributed by atoms with Crippen molar-refractivity contribution in [3.05, 3.63) is 60.4 Å². The number of fused-ring (bicyclic) bond motifs is 1. The average Bonchev–Trinajstić information content (AvgIpc) is 3.20. The topological polar surface area (TPSA) is 69.6 Å². The van der Waals surface area contributed by atoms with E-state index in [4.69, 9.17) is 4.52 Å². The Morgan fingerprint density at radius 3 is 2.83 bits per heavy atom. The van der Waals surface area contributed by atoms with E-state index in [1.54, 1.807) is 24.3 Å². The minimum atomic E-state index is 0.670. The fraction of sp³-hybridized carbons (Fsp3) is 0.125. The number of aryl methyl sites for hydroxylation is 1. The fourth-order valence-corrected chi connectivity index (χ4v) is 3.16. The van der Waals surface area contributed by atoms with Crippen LogP contribution in [0.1, 0.15) is 11.5 Å². The van der Waals surface area contributed by atoms with Gasteiger partial charge in [-0.3, -0.25) is 0 Å². The Morgan fingerprint density at radius 1 is 1.17 bits per heavy atom. The van der Waals surface area contributed by atoms with Crippen molar-refractivity contribution in [2.45, 2.75) is 17.7 Å². The smallest absolute Gasteiger partial charge is 0.167 e. The number of rotatable bonds is 4. The monoisotopic (exact) mass is 323 g/mol. The van der Waals surface area contributed by atoms with E-state index in [2.05, 4.69) is 20.2 Å². The summed E-state index contributed by atoms with van der Waals surface area (Å²) in [5.74, 6) is 1.50. The summed E-state index contributed by atoms with van der Waals surface area (Å²) >= 11 is 1.59. The zero-order valence-electron chi connectivity index (χ0n) is 12.4. The molecule has 0 atom stereocenters. The van der Waals surface area contributed by atoms with E-state index in [9.17, 15) is 0 Å². The van der Waals surface area contributed by atoms with Crippen LogP contribution in [0, 0.1) is 6.92 Å². The van der Waals surface area contributed by atoms with Gasteiger partial charge in [-0.05, 0) is 19.1 Å². The van der Waals surface area contributed by atoms with Crippen molar-refractivity contribution in [3.63, 3.8) is 0 Å². The molecule has 0 N–H and O–H groups in total. The molecule has 0 saturated carbocycles. The first-order valence-electron chi connectivity index (χ1n) is 7.10. The van der Waals surface area contributed by atoms with Gasteiger partial charge in [-0.25, -0.2) is 14.6 Å². The maximum absolute atomic E-state index is 5.24. The highest BCUT2D eigenvalue weighted by atomic mass is 32.2. The molecular weight excluding hydrogens is 310 g/mol. The number of hydrogen-bond donors (Lipinski definition) is 0. The Balaban J connectivity index is 1.67. The van der Waals surface area contributed by atoms with Crippen molar-refractivity contribution in [2.24, 2.45) is 0 Å². The largest absolute Gasteiger partial charge is 0.360 e. The maximum atomic E-state index is 5.24. The first-order chi connectivity index (χ1) is 11.3. The predicted molar refractivity (Wildman–Crippen MR) is 87.5 cm³/mol. The third-order valence-corrected chi connectivity index (χ3v) is 4.39. The van der Waals surface area contributed by atoms with E-state index in [0.717, 1.165) is 33.2 Å². The molecule has 0 aliphatic carbocycles. The highest BCUT2D eigenvalue weighted by molar-refractivity contribution is 7.98. The van der Waals surface area contributed by atoms with Crippen LogP contribution in [0.3, 0.4) is 0 Å². The summed E-state index contributed by atoms with van der Waals surface area (Å²) in [5, 5.41) is 10.2. The predicted octanol–water partition coefficient (Wildman–Crippen LogP) is 3.40. The van der Waals surface area contributed by atoms with Gasteiger partial charge in [0.05, 0.1) is 28.7 Å². The van der Waals surface area contributed by atoms with Crippen molar-refractivity contribution < 1.29 is 4.52 Å². The summed E-state index contributed by atoms with van der Waals surface area (Å²) in [4.78, 5) is 8.75. The lowest BCUT2D eigenvalue weighted by Crippen LogP contribution is -1.97. The van der Waals surface area contributed by atoms with Crippen LogP contribution in [0.25, 0.3) is 16.7 Å². The van der Waals surface area contributed by atoms with E-state index in [1.165, 1.54) is 0 Å². The van der Waals surface area contributed by atoms with Gasteiger partial charge in [0.15, 0.2) is 5.65 Å². The molecule has 0 aliphatic rings. The van der Waals surface area contributed by atoms with Crippen molar-refractivity contribution >= 4 is 22.8 Å². The number of nitrogens with zero attached hydrogens (tertiary/aromatic N) is 5. The van der Waals surface area contributed by atoms with E-state index in [1.807, 2.05) is 48.0 Å². The van der Waals surface area contributed by atoms with Gasteiger partial charge < -0.3 is 4.52 Å². The summed E-state index contributed by atoms with van der Waals surface area (Å²) < 4.78 is 7.06. The van der Waals surface area contributed by atoms with Crippen molar-refractivity contribution in [1.29, 1.82) is 0 Å². The molecule has 114 valence electrons. The van der Waals surface area contributed by atoms with E-state index in [0.29, 0.717) is 5.75 Å². The Hall–Kier alpha value is -2.67. The Kier molecular flexibility index (Phi) is 3.55. The van der Waals surface area contributed by atoms with Crippen molar-refractivity contribution in [1.82, 2.24) is 24.9 Å². The van der Waals surface area contributed by atoms with Crippen LogP contribution in [0.4, 0.5) is 0 Å². The summed E-state index contributed by atoms with van der Waals surface area (Å²) in [7, 11) is 0. The van der Waals surface area contributed by atoms with E-state index < -0.39 is 0 Å². The van der Waals surface area contributed by atoms with Gasteiger partial charge >= 0.3 is 0 Å². The summed E-state index contributed by atoms with van der Waals surface area (Å²) in [6.45, 7) is 1.91. The Labute approximate surface area is 136 Å². The second-order valence-corrected chi connectivity index (χ2v) is 6.00. The summed E-state index contributed by atoms with van der Waals surface area (Å²) in [6.07, 6.45) is 3.37. The van der Waals surface area contributed by atoms with Crippen LogP contribution in [-0.4, -0.2) is 24.9 Å². The van der Waals surface area contributed by atoms with Gasteiger partial charge in [-0.1, -0.05) is 35.1 Å². The molecule has 6 nitrogen and oxygen atoms in total. The highest BCUT2D eigenvalue weighted by Crippen LogP contribution is 2.28. The van der Waals surface area contributed by atoms with Gasteiger partial charge in [0, 0.05) is 6.07 Å². The maximum Gasteiger partial charge on any atom is 0.167 e. The Morgan fingerprint density at radius 2 is 2.04 bits per heavy atom. The van der Waals surface area contributed by atoms with Gasteiger partial charge in [-0.15, -0.1) is 0 Å². The molecule has 0 saturated heterocycles. The van der Waals surface area contributed by atoms with Gasteiger partial charge in [0.1, 0.15) is 17.1 Å². The second-order valence-electron chi connectivity index (χ2n) is 5.03. The minimum Gasteiger partial charge on any atom is -0.360 e. The van der Waals surface area contributed by atoms with Crippen LogP contribution < -0.4 is 0 Å². The lowest BCUT2D eigenvalue weighted by molar-refractivity contribution is 0.391. The fourth-order valence-electron chi connectivity index (χ4n) is 2.32. The summed E-state index contributed by atoms with van der Waals surface area (Å²) in [5.41, 5.74) is 2.65. The third-order valence-electron chi connectivity index (χ3n) is 3.36. The molecule has 4 aromatic rings. The number of hydrogen-bond acceptors (Lipinski definition) is 6. The van der Waals surface area contributed by atoms with E-state index in [-0.39, 0.29) is 0 Å². The normalized spacial score (nSPS) is 11.2. The number of benzene rings is 1. The lowest BCUT2D eigenvalue weighted by atomic mass is 10.3. The molecule has 0 bridgehead atoms. The minimum absolute atomic E-state index is 0.670. The number of aromatic nitrogens is 5. The standard InChI is InChI=1S/C16H13N5OS/c1-11-7-13(22-20-11)9-23-16-14-8-19-21(15(14)17-10-18-16)12-5-3-2-4-6-12/h2-8,10H,9H2,1H3. The molecule has 0 aliphatic heterocycles. The molecule has 7 heteroatoms. The lowest BCUT2D eigenvalue weighted by Gasteiger charge is -2.03. The zero-order chi connectivity index (χ0) is 15.6. The first-order valence-corrected chi connectivity index (χ1v) is 8.09. The zero-order valence-corrected chi connectivity index (χ0v) is 13.2. The molecular formula is C16H13N5OS. The molecule has 1 aromatic carbocycles. The average molecular weight is 323 g/mol. The molecule has 0 unspecified atom stereocenters. The van der Waals surface area contributed by atoms with Gasteiger partial charge in [0.25, 0.3) is 0 Å². The van der Waals surface area contributed by atoms with Crippen molar-refractivity contribution in [2.75, 3.05) is 0 Å². The number of para-hydroxylation sites is 1. The highest BCUT2D eigenvalue weighted by Gasteiger charge is 2.12. The van der Waals surface area contributed by atoms with Crippen LogP contribution in [0.5, 0.6) is 0 Å². The van der Waals surface area contributed by atoms with Crippen LogP contribution in [-0.2, 0) is 5.75 Å². The van der Waals surface area contributed by atoms with Gasteiger partial charge in [-0.2, -0.15) is 5.10 Å². The molecule has 0 radical (unpaired) electrons. The number of thioether (sulfide) groups is 1. The molecule has 23 heavy (non-hydrogen) atoms. The van der Waals surface area contributed by atoms with Crippen LogP contribution in [0.15, 0.2) is 58.5 Å². The first kappa shape index (κ1) is 14.0. The molecule has 4 rings (SSSR count). The molecule has 0 spiro atoms. The van der Waals surface area contributed by atoms with Crippen LogP contribution >= 0.6 is 11.8 Å². The molecule has 3 aromatic heterocycles. The molecule has 0 amide bonds. The van der Waals surface area contributed by atoms with Gasteiger partial charge in [0.2, 0.25) is 0 Å². The molecule has 0 fully saturated rings. The SMILES string of the molecule is Cc1cc(CSc2ncnc3c2cnn3-c2ccccc2)on1. The van der Waals surface area contributed by atoms with E-state index >= 15 is 0 Å². The second kappa shape index (κ2) is 5.85.